The standard InChI is InChI=1S/C10H11N3O2/c1-7-3-2-4-8(10(14)15)9(7)13-11-5-6-12-13/h2-6,10,14-15H,1H3. The molecule has 1 heterocycles. The van der Waals surface area contributed by atoms with Crippen molar-refractivity contribution in [3.8, 4) is 5.69 Å². The highest BCUT2D eigenvalue weighted by atomic mass is 16.5. The zero-order chi connectivity index (χ0) is 10.8. The van der Waals surface area contributed by atoms with E-state index in [-0.39, 0.29) is 0 Å². The molecule has 0 saturated carbocycles. The number of aliphatic hydroxyl groups excluding tert-OH is 1. The molecule has 0 aliphatic heterocycles. The summed E-state index contributed by atoms with van der Waals surface area (Å²) in [6.07, 6.45) is 1.56. The summed E-state index contributed by atoms with van der Waals surface area (Å²) in [6.45, 7) is 1.87. The maximum atomic E-state index is 9.21. The number of hydrogen-bond acceptors (Lipinski definition) is 4. The van der Waals surface area contributed by atoms with Gasteiger partial charge in [-0.15, -0.1) is 0 Å². The molecule has 0 fully saturated rings. The van der Waals surface area contributed by atoms with Crippen molar-refractivity contribution in [2.45, 2.75) is 13.2 Å². The van der Waals surface area contributed by atoms with Crippen LogP contribution in [0.1, 0.15) is 17.4 Å². The first kappa shape index (κ1) is 9.82. The van der Waals surface area contributed by atoms with Gasteiger partial charge in [0.15, 0.2) is 6.29 Å². The van der Waals surface area contributed by atoms with E-state index in [1.54, 1.807) is 24.5 Å². The normalized spacial score (nSPS) is 10.9. The molecule has 0 aliphatic carbocycles. The molecule has 0 radical (unpaired) electrons. The van der Waals surface area contributed by atoms with Crippen molar-refractivity contribution in [1.29, 1.82) is 0 Å². The lowest BCUT2D eigenvalue weighted by Gasteiger charge is -2.12. The van der Waals surface area contributed by atoms with Crippen molar-refractivity contribution in [1.82, 2.24) is 15.0 Å². The second kappa shape index (κ2) is 3.80. The fourth-order valence-corrected chi connectivity index (χ4v) is 1.49. The molecule has 0 aliphatic rings. The van der Waals surface area contributed by atoms with Crippen molar-refractivity contribution < 1.29 is 10.2 Å². The van der Waals surface area contributed by atoms with Gasteiger partial charge in [-0.1, -0.05) is 18.2 Å². The Morgan fingerprint density at radius 3 is 2.47 bits per heavy atom. The molecule has 2 rings (SSSR count). The number of aliphatic hydroxyl groups is 2. The second-order valence-electron chi connectivity index (χ2n) is 3.20. The summed E-state index contributed by atoms with van der Waals surface area (Å²) >= 11 is 0. The molecular weight excluding hydrogens is 194 g/mol. The van der Waals surface area contributed by atoms with Crippen molar-refractivity contribution in [2.24, 2.45) is 0 Å². The predicted octanol–water partition coefficient (Wildman–Crippen LogP) is 0.559. The fourth-order valence-electron chi connectivity index (χ4n) is 1.49. The minimum Gasteiger partial charge on any atom is -0.364 e. The molecule has 1 aromatic heterocycles. The summed E-state index contributed by atoms with van der Waals surface area (Å²) in [5.41, 5.74) is 1.89. The smallest absolute Gasteiger partial charge is 0.180 e. The van der Waals surface area contributed by atoms with E-state index in [2.05, 4.69) is 10.2 Å². The Morgan fingerprint density at radius 1 is 1.20 bits per heavy atom. The zero-order valence-electron chi connectivity index (χ0n) is 8.20. The van der Waals surface area contributed by atoms with E-state index in [1.165, 1.54) is 4.80 Å². The van der Waals surface area contributed by atoms with Crippen LogP contribution in [0.2, 0.25) is 0 Å². The van der Waals surface area contributed by atoms with Gasteiger partial charge in [0.25, 0.3) is 0 Å². The molecule has 0 unspecified atom stereocenters. The van der Waals surface area contributed by atoms with Gasteiger partial charge >= 0.3 is 0 Å². The van der Waals surface area contributed by atoms with E-state index in [0.717, 1.165) is 5.56 Å². The van der Waals surface area contributed by atoms with Gasteiger partial charge in [-0.2, -0.15) is 15.0 Å². The van der Waals surface area contributed by atoms with E-state index in [9.17, 15) is 10.2 Å². The molecule has 5 nitrogen and oxygen atoms in total. The zero-order valence-corrected chi connectivity index (χ0v) is 8.20. The number of benzene rings is 1. The van der Waals surface area contributed by atoms with Gasteiger partial charge in [0.2, 0.25) is 0 Å². The van der Waals surface area contributed by atoms with Gasteiger partial charge in [0, 0.05) is 5.56 Å². The summed E-state index contributed by atoms with van der Waals surface area (Å²) in [4.78, 5) is 1.38. The highest BCUT2D eigenvalue weighted by molar-refractivity contribution is 5.46. The van der Waals surface area contributed by atoms with E-state index >= 15 is 0 Å². The van der Waals surface area contributed by atoms with Gasteiger partial charge in [-0.25, -0.2) is 0 Å². The molecule has 0 saturated heterocycles. The maximum Gasteiger partial charge on any atom is 0.180 e. The number of aryl methyl sites for hydroxylation is 1. The van der Waals surface area contributed by atoms with Crippen LogP contribution in [-0.2, 0) is 0 Å². The van der Waals surface area contributed by atoms with E-state index in [1.807, 2.05) is 13.0 Å². The first-order valence-electron chi connectivity index (χ1n) is 4.52. The monoisotopic (exact) mass is 205 g/mol. The third-order valence-corrected chi connectivity index (χ3v) is 2.17. The third-order valence-electron chi connectivity index (χ3n) is 2.17. The Labute approximate surface area is 86.6 Å². The molecule has 0 bridgehead atoms. The molecule has 1 aromatic carbocycles. The highest BCUT2D eigenvalue weighted by Crippen LogP contribution is 2.22. The topological polar surface area (TPSA) is 71.2 Å². The molecule has 0 atom stereocenters. The lowest BCUT2D eigenvalue weighted by atomic mass is 10.1. The predicted molar refractivity (Wildman–Crippen MR) is 53.3 cm³/mol. The molecule has 2 aromatic rings. The van der Waals surface area contributed by atoms with E-state index in [0.29, 0.717) is 11.3 Å². The Morgan fingerprint density at radius 2 is 1.87 bits per heavy atom. The first-order valence-corrected chi connectivity index (χ1v) is 4.52. The van der Waals surface area contributed by atoms with E-state index in [4.69, 9.17) is 0 Å². The van der Waals surface area contributed by atoms with Gasteiger partial charge in [-0.05, 0) is 12.5 Å². The van der Waals surface area contributed by atoms with Crippen molar-refractivity contribution >= 4 is 0 Å². The molecule has 78 valence electrons. The number of hydrogen-bond donors (Lipinski definition) is 2. The minimum atomic E-state index is -1.52. The number of rotatable bonds is 2. The van der Waals surface area contributed by atoms with Crippen molar-refractivity contribution in [2.75, 3.05) is 0 Å². The van der Waals surface area contributed by atoms with Crippen LogP contribution in [0.4, 0.5) is 0 Å². The second-order valence-corrected chi connectivity index (χ2v) is 3.20. The van der Waals surface area contributed by atoms with Crippen molar-refractivity contribution in [3.63, 3.8) is 0 Å². The summed E-state index contributed by atoms with van der Waals surface area (Å²) in [5.74, 6) is 0. The molecule has 15 heavy (non-hydrogen) atoms. The number of nitrogens with zero attached hydrogens (tertiary/aromatic N) is 3. The molecule has 0 amide bonds. The van der Waals surface area contributed by atoms with Crippen LogP contribution in [0, 0.1) is 6.92 Å². The van der Waals surface area contributed by atoms with Crippen molar-refractivity contribution in [3.05, 3.63) is 41.7 Å². The van der Waals surface area contributed by atoms with Gasteiger partial charge < -0.3 is 10.2 Å². The largest absolute Gasteiger partial charge is 0.364 e. The summed E-state index contributed by atoms with van der Waals surface area (Å²) in [6, 6.07) is 5.26. The average molecular weight is 205 g/mol. The van der Waals surface area contributed by atoms with Crippen LogP contribution in [0.25, 0.3) is 5.69 Å². The van der Waals surface area contributed by atoms with Crippen LogP contribution in [-0.4, -0.2) is 25.2 Å². The fraction of sp³-hybridized carbons (Fsp3) is 0.200. The SMILES string of the molecule is Cc1cccc(C(O)O)c1-n1nccn1. The summed E-state index contributed by atoms with van der Waals surface area (Å²) in [5, 5.41) is 26.4. The summed E-state index contributed by atoms with van der Waals surface area (Å²) in [7, 11) is 0. The van der Waals surface area contributed by atoms with Crippen LogP contribution in [0.5, 0.6) is 0 Å². The molecule has 2 N–H and O–H groups in total. The number of aromatic nitrogens is 3. The molecular formula is C10H11N3O2. The average Bonchev–Trinajstić information content (AvgIpc) is 2.70. The third kappa shape index (κ3) is 1.74. The Kier molecular flexibility index (Phi) is 2.49. The Bertz CT molecular complexity index is 452. The van der Waals surface area contributed by atoms with Gasteiger partial charge in [0.1, 0.15) is 0 Å². The number of para-hydroxylation sites is 1. The summed E-state index contributed by atoms with van der Waals surface area (Å²) < 4.78 is 0. The Hall–Kier alpha value is -1.72. The van der Waals surface area contributed by atoms with Crippen LogP contribution in [0.15, 0.2) is 30.6 Å². The van der Waals surface area contributed by atoms with Gasteiger partial charge in [0.05, 0.1) is 18.1 Å². The first-order chi connectivity index (χ1) is 7.20. The lowest BCUT2D eigenvalue weighted by molar-refractivity contribution is -0.0426. The quantitative estimate of drug-likeness (QED) is 0.703. The van der Waals surface area contributed by atoms with Crippen LogP contribution < -0.4 is 0 Å². The highest BCUT2D eigenvalue weighted by Gasteiger charge is 2.13. The van der Waals surface area contributed by atoms with Gasteiger partial charge in [-0.3, -0.25) is 0 Å². The maximum absolute atomic E-state index is 9.21. The lowest BCUT2D eigenvalue weighted by Crippen LogP contribution is -2.08. The van der Waals surface area contributed by atoms with Crippen LogP contribution >= 0.6 is 0 Å². The van der Waals surface area contributed by atoms with Crippen LogP contribution in [0.3, 0.4) is 0 Å². The van der Waals surface area contributed by atoms with E-state index < -0.39 is 6.29 Å². The Balaban J connectivity index is 2.63. The molecule has 0 spiro atoms. The minimum absolute atomic E-state index is 0.395. The molecule has 5 heteroatoms.